The van der Waals surface area contributed by atoms with Gasteiger partial charge in [0.15, 0.2) is 0 Å². The van der Waals surface area contributed by atoms with Crippen molar-refractivity contribution < 1.29 is 17.6 Å². The number of aromatic amines is 1. The van der Waals surface area contributed by atoms with E-state index in [4.69, 9.17) is 0 Å². The molecule has 10 heteroatoms. The average Bonchev–Trinajstić information content (AvgIpc) is 3.25. The monoisotopic (exact) mass is 495 g/mol. The number of carbonyl (C=O) groups is 1. The van der Waals surface area contributed by atoms with E-state index in [-0.39, 0.29) is 23.2 Å². The zero-order chi connectivity index (χ0) is 24.5. The third kappa shape index (κ3) is 4.64. The molecule has 4 N–H and O–H groups in total. The molecule has 2 aromatic heterocycles. The van der Waals surface area contributed by atoms with Crippen molar-refractivity contribution >= 4 is 37.7 Å². The summed E-state index contributed by atoms with van der Waals surface area (Å²) >= 11 is 0. The summed E-state index contributed by atoms with van der Waals surface area (Å²) in [7, 11) is -4.04. The fraction of sp³-hybridized carbons (Fsp3) is 0.280. The number of sulfonamides is 1. The molecule has 1 saturated heterocycles. The van der Waals surface area contributed by atoms with Gasteiger partial charge in [-0.2, -0.15) is 4.72 Å². The van der Waals surface area contributed by atoms with Crippen LogP contribution in [0, 0.1) is 5.82 Å². The zero-order valence-corrected chi connectivity index (χ0v) is 19.8. The van der Waals surface area contributed by atoms with Gasteiger partial charge in [0.1, 0.15) is 16.3 Å². The number of rotatable bonds is 7. The van der Waals surface area contributed by atoms with Crippen molar-refractivity contribution in [2.24, 2.45) is 0 Å². The van der Waals surface area contributed by atoms with E-state index in [0.717, 1.165) is 16.5 Å². The Kier molecular flexibility index (Phi) is 6.26. The first-order valence-corrected chi connectivity index (χ1v) is 13.0. The normalized spacial score (nSPS) is 15.9. The van der Waals surface area contributed by atoms with E-state index in [1.165, 1.54) is 18.2 Å². The van der Waals surface area contributed by atoms with Crippen molar-refractivity contribution in [1.82, 2.24) is 25.3 Å². The van der Waals surface area contributed by atoms with Crippen LogP contribution in [0.3, 0.4) is 0 Å². The number of nitrogens with zero attached hydrogens (tertiary/aromatic N) is 1. The largest absolute Gasteiger partial charge is 0.361 e. The fourth-order valence-electron chi connectivity index (χ4n) is 4.67. The average molecular weight is 496 g/mol. The summed E-state index contributed by atoms with van der Waals surface area (Å²) in [6.45, 7) is 1.30. The van der Waals surface area contributed by atoms with Crippen molar-refractivity contribution in [1.29, 1.82) is 0 Å². The van der Waals surface area contributed by atoms with Crippen LogP contribution in [0.4, 0.5) is 4.39 Å². The highest BCUT2D eigenvalue weighted by molar-refractivity contribution is 7.89. The SMILES string of the molecule is O=C(NCCc1c[nH]c2ccc(F)cc12)C1(NS(=O)(=O)c2cccc3cccnc23)CCNCC1. The molecule has 0 spiro atoms. The minimum absolute atomic E-state index is 0.0436. The maximum absolute atomic E-state index is 13.7. The van der Waals surface area contributed by atoms with Gasteiger partial charge in [-0.3, -0.25) is 9.78 Å². The van der Waals surface area contributed by atoms with Crippen LogP contribution in [0.2, 0.25) is 0 Å². The molecule has 0 unspecified atom stereocenters. The summed E-state index contributed by atoms with van der Waals surface area (Å²) in [5.74, 6) is -0.699. The molecule has 1 aliphatic rings. The van der Waals surface area contributed by atoms with Crippen LogP contribution >= 0.6 is 0 Å². The molecule has 0 radical (unpaired) electrons. The van der Waals surface area contributed by atoms with E-state index in [9.17, 15) is 17.6 Å². The third-order valence-corrected chi connectivity index (χ3v) is 8.08. The van der Waals surface area contributed by atoms with Crippen molar-refractivity contribution in [3.05, 3.63) is 72.3 Å². The molecule has 0 atom stereocenters. The summed E-state index contributed by atoms with van der Waals surface area (Å²) in [5.41, 5.74) is 0.770. The van der Waals surface area contributed by atoms with Crippen LogP contribution in [-0.4, -0.2) is 49.5 Å². The van der Waals surface area contributed by atoms with Gasteiger partial charge in [-0.05, 0) is 68.2 Å². The van der Waals surface area contributed by atoms with Gasteiger partial charge >= 0.3 is 0 Å². The van der Waals surface area contributed by atoms with E-state index >= 15 is 0 Å². The molecule has 182 valence electrons. The second-order valence-corrected chi connectivity index (χ2v) is 10.4. The maximum Gasteiger partial charge on any atom is 0.243 e. The summed E-state index contributed by atoms with van der Waals surface area (Å²) in [6, 6.07) is 13.0. The van der Waals surface area contributed by atoms with E-state index in [2.05, 4.69) is 25.3 Å². The molecule has 35 heavy (non-hydrogen) atoms. The number of amides is 1. The number of hydrogen-bond acceptors (Lipinski definition) is 5. The first-order valence-electron chi connectivity index (χ1n) is 11.5. The number of pyridine rings is 1. The molecule has 4 aromatic rings. The van der Waals surface area contributed by atoms with Gasteiger partial charge in [0.2, 0.25) is 15.9 Å². The number of piperidine rings is 1. The van der Waals surface area contributed by atoms with Gasteiger partial charge in [0, 0.05) is 35.2 Å². The number of para-hydroxylation sites is 1. The molecule has 1 fully saturated rings. The molecule has 3 heterocycles. The summed E-state index contributed by atoms with van der Waals surface area (Å²) in [5, 5.41) is 7.56. The molecule has 1 aliphatic heterocycles. The van der Waals surface area contributed by atoms with E-state index < -0.39 is 15.6 Å². The minimum atomic E-state index is -4.04. The Hall–Kier alpha value is -3.34. The van der Waals surface area contributed by atoms with Gasteiger partial charge in [0.05, 0.1) is 5.52 Å². The lowest BCUT2D eigenvalue weighted by Crippen LogP contribution is -2.62. The number of nitrogens with one attached hydrogen (secondary N) is 4. The molecule has 8 nitrogen and oxygen atoms in total. The van der Waals surface area contributed by atoms with Crippen LogP contribution in [0.1, 0.15) is 18.4 Å². The van der Waals surface area contributed by atoms with Crippen molar-refractivity contribution in [2.45, 2.75) is 29.7 Å². The molecular weight excluding hydrogens is 469 g/mol. The van der Waals surface area contributed by atoms with Crippen molar-refractivity contribution in [2.75, 3.05) is 19.6 Å². The topological polar surface area (TPSA) is 116 Å². The Balaban J connectivity index is 1.36. The first kappa shape index (κ1) is 23.4. The molecule has 1 amide bonds. The number of benzene rings is 2. The maximum atomic E-state index is 13.7. The standard InChI is InChI=1S/C25H26FN5O3S/c26-19-6-7-21-20(15-19)18(16-30-21)8-12-29-24(32)25(9-13-27-14-10-25)31-35(33,34)22-5-1-3-17-4-2-11-28-23(17)22/h1-7,11,15-16,27,30-31H,8-10,12-14H2,(H,29,32). The van der Waals surface area contributed by atoms with Crippen LogP contribution in [0.25, 0.3) is 21.8 Å². The highest BCUT2D eigenvalue weighted by Crippen LogP contribution is 2.26. The second-order valence-electron chi connectivity index (χ2n) is 8.78. The van der Waals surface area contributed by atoms with E-state index in [1.54, 1.807) is 42.7 Å². The molecule has 0 saturated carbocycles. The minimum Gasteiger partial charge on any atom is -0.361 e. The Morgan fingerprint density at radius 3 is 2.74 bits per heavy atom. The Morgan fingerprint density at radius 1 is 1.11 bits per heavy atom. The van der Waals surface area contributed by atoms with Crippen LogP contribution in [0.15, 0.2) is 65.8 Å². The zero-order valence-electron chi connectivity index (χ0n) is 19.0. The van der Waals surface area contributed by atoms with Crippen molar-refractivity contribution in [3.63, 3.8) is 0 Å². The molecule has 2 aromatic carbocycles. The lowest BCUT2D eigenvalue weighted by Gasteiger charge is -2.36. The molecule has 5 rings (SSSR count). The Bertz CT molecular complexity index is 1490. The number of hydrogen-bond donors (Lipinski definition) is 4. The van der Waals surface area contributed by atoms with Gasteiger partial charge in [-0.25, -0.2) is 12.8 Å². The lowest BCUT2D eigenvalue weighted by atomic mass is 9.88. The van der Waals surface area contributed by atoms with Crippen molar-refractivity contribution in [3.8, 4) is 0 Å². The smallest absolute Gasteiger partial charge is 0.243 e. The molecule has 0 aliphatic carbocycles. The van der Waals surface area contributed by atoms with Gasteiger partial charge in [-0.15, -0.1) is 0 Å². The second kappa shape index (κ2) is 9.37. The number of fused-ring (bicyclic) bond motifs is 2. The van der Waals surface area contributed by atoms with Crippen LogP contribution in [0.5, 0.6) is 0 Å². The number of H-pyrrole nitrogens is 1. The van der Waals surface area contributed by atoms with Gasteiger partial charge in [-0.1, -0.05) is 18.2 Å². The van der Waals surface area contributed by atoms with Gasteiger partial charge in [0.25, 0.3) is 0 Å². The summed E-state index contributed by atoms with van der Waals surface area (Å²) in [6.07, 6.45) is 4.45. The quantitative estimate of drug-likeness (QED) is 0.315. The highest BCUT2D eigenvalue weighted by atomic mass is 32.2. The summed E-state index contributed by atoms with van der Waals surface area (Å²) in [4.78, 5) is 20.8. The number of aromatic nitrogens is 2. The van der Waals surface area contributed by atoms with Crippen LogP contribution in [-0.2, 0) is 21.2 Å². The van der Waals surface area contributed by atoms with E-state index in [1.807, 2.05) is 0 Å². The predicted octanol–water partition coefficient (Wildman–Crippen LogP) is 2.61. The Morgan fingerprint density at radius 2 is 1.91 bits per heavy atom. The first-order chi connectivity index (χ1) is 16.9. The number of carbonyl (C=O) groups excluding carboxylic acids is 1. The highest BCUT2D eigenvalue weighted by Gasteiger charge is 2.43. The summed E-state index contributed by atoms with van der Waals surface area (Å²) < 4.78 is 43.3. The van der Waals surface area contributed by atoms with E-state index in [0.29, 0.717) is 43.3 Å². The van der Waals surface area contributed by atoms with Gasteiger partial charge < -0.3 is 15.6 Å². The lowest BCUT2D eigenvalue weighted by molar-refractivity contribution is -0.127. The molecular formula is C25H26FN5O3S. The predicted molar refractivity (Wildman–Crippen MR) is 132 cm³/mol. The Labute approximate surface area is 202 Å². The fourth-order valence-corrected chi connectivity index (χ4v) is 6.28. The number of halogens is 1. The third-order valence-electron chi connectivity index (χ3n) is 6.52. The molecule has 0 bridgehead atoms. The van der Waals surface area contributed by atoms with Crippen LogP contribution < -0.4 is 15.4 Å².